The Bertz CT molecular complexity index is 711. The first-order chi connectivity index (χ1) is 11.6. The van der Waals surface area contributed by atoms with Gasteiger partial charge in [-0.25, -0.2) is 0 Å². The summed E-state index contributed by atoms with van der Waals surface area (Å²) >= 11 is 0. The van der Waals surface area contributed by atoms with Crippen molar-refractivity contribution in [3.63, 3.8) is 0 Å². The molecule has 126 valence electrons. The molecule has 2 saturated heterocycles. The van der Waals surface area contributed by atoms with Crippen LogP contribution in [-0.4, -0.2) is 35.1 Å². The molecule has 2 aliphatic rings. The zero-order valence-corrected chi connectivity index (χ0v) is 14.5. The van der Waals surface area contributed by atoms with E-state index >= 15 is 0 Å². The lowest BCUT2D eigenvalue weighted by Crippen LogP contribution is -2.44. The van der Waals surface area contributed by atoms with E-state index in [-0.39, 0.29) is 0 Å². The van der Waals surface area contributed by atoms with E-state index in [9.17, 15) is 0 Å². The number of anilines is 2. The van der Waals surface area contributed by atoms with Crippen LogP contribution < -0.4 is 11.1 Å². The van der Waals surface area contributed by atoms with E-state index in [1.54, 1.807) is 0 Å². The van der Waals surface area contributed by atoms with Gasteiger partial charge in [0.15, 0.2) is 0 Å². The molecule has 0 saturated carbocycles. The lowest BCUT2D eigenvalue weighted by Gasteiger charge is -2.37. The maximum atomic E-state index is 5.90. The van der Waals surface area contributed by atoms with Crippen LogP contribution >= 0.6 is 0 Å². The van der Waals surface area contributed by atoms with Crippen LogP contribution in [0.25, 0.3) is 11.3 Å². The van der Waals surface area contributed by atoms with Crippen molar-refractivity contribution in [1.29, 1.82) is 0 Å². The molecule has 1 aromatic heterocycles. The van der Waals surface area contributed by atoms with Crippen LogP contribution in [0, 0.1) is 6.92 Å². The van der Waals surface area contributed by atoms with Gasteiger partial charge in [-0.3, -0.25) is 4.98 Å². The molecule has 4 nitrogen and oxygen atoms in total. The van der Waals surface area contributed by atoms with Gasteiger partial charge in [0.25, 0.3) is 0 Å². The van der Waals surface area contributed by atoms with Crippen molar-refractivity contribution in [2.45, 2.75) is 50.7 Å². The number of nitrogens with zero attached hydrogens (tertiary/aromatic N) is 2. The summed E-state index contributed by atoms with van der Waals surface area (Å²) < 4.78 is 0. The Labute approximate surface area is 144 Å². The number of pyridine rings is 1. The van der Waals surface area contributed by atoms with E-state index in [0.29, 0.717) is 6.04 Å². The van der Waals surface area contributed by atoms with Crippen molar-refractivity contribution in [3.8, 4) is 11.3 Å². The number of nitrogens with two attached hydrogens (primary N) is 1. The number of fused-ring (bicyclic) bond motifs is 2. The predicted molar refractivity (Wildman–Crippen MR) is 100 cm³/mol. The summed E-state index contributed by atoms with van der Waals surface area (Å²) in [5.41, 5.74) is 11.1. The van der Waals surface area contributed by atoms with Gasteiger partial charge in [0, 0.05) is 29.4 Å². The molecule has 3 N–H and O–H groups in total. The maximum Gasteiger partial charge on any atom is 0.0703 e. The number of aryl methyl sites for hydroxylation is 1. The smallest absolute Gasteiger partial charge is 0.0703 e. The van der Waals surface area contributed by atoms with Crippen molar-refractivity contribution >= 4 is 11.4 Å². The van der Waals surface area contributed by atoms with Crippen LogP contribution in [0.2, 0.25) is 0 Å². The zero-order chi connectivity index (χ0) is 16.7. The molecular formula is C20H26N4. The minimum atomic E-state index is 0.574. The number of hydrogen-bond acceptors (Lipinski definition) is 4. The number of hydrogen-bond donors (Lipinski definition) is 2. The number of rotatable bonds is 3. The quantitative estimate of drug-likeness (QED) is 0.847. The van der Waals surface area contributed by atoms with E-state index in [1.165, 1.54) is 25.7 Å². The highest BCUT2D eigenvalue weighted by Gasteiger charge is 2.38. The van der Waals surface area contributed by atoms with E-state index in [4.69, 9.17) is 5.73 Å². The average Bonchev–Trinajstić information content (AvgIpc) is 2.80. The zero-order valence-electron chi connectivity index (χ0n) is 14.5. The molecule has 2 bridgehead atoms. The summed E-state index contributed by atoms with van der Waals surface area (Å²) in [6, 6.07) is 12.4. The second kappa shape index (κ2) is 6.10. The van der Waals surface area contributed by atoms with Crippen molar-refractivity contribution in [2.24, 2.45) is 0 Å². The van der Waals surface area contributed by atoms with Crippen molar-refractivity contribution in [3.05, 3.63) is 42.1 Å². The Kier molecular flexibility index (Phi) is 3.93. The Morgan fingerprint density at radius 2 is 1.88 bits per heavy atom. The molecule has 2 fully saturated rings. The number of aromatic nitrogens is 1. The highest BCUT2D eigenvalue weighted by Crippen LogP contribution is 2.35. The lowest BCUT2D eigenvalue weighted by molar-refractivity contribution is 0.169. The highest BCUT2D eigenvalue weighted by atomic mass is 15.2. The third-order valence-corrected chi connectivity index (χ3v) is 5.80. The standard InChI is InChI=1S/C20H26N4/c1-13-9-14(3-7-19(13)21)20-8-4-15(12-22-20)23-16-10-17-5-6-18(11-16)24(17)2/h3-4,7-9,12,16-18,23H,5-6,10-11,21H2,1-2H3/t16?,17-,18+. The average molecular weight is 322 g/mol. The molecule has 4 heteroatoms. The van der Waals surface area contributed by atoms with E-state index < -0.39 is 0 Å². The topological polar surface area (TPSA) is 54.2 Å². The van der Waals surface area contributed by atoms with Crippen molar-refractivity contribution in [2.75, 3.05) is 18.1 Å². The second-order valence-electron chi connectivity index (χ2n) is 7.37. The fraction of sp³-hybridized carbons (Fsp3) is 0.450. The first kappa shape index (κ1) is 15.5. The molecule has 1 unspecified atom stereocenters. The van der Waals surface area contributed by atoms with Gasteiger partial charge in [0.2, 0.25) is 0 Å². The number of piperidine rings is 1. The summed E-state index contributed by atoms with van der Waals surface area (Å²) in [7, 11) is 2.28. The van der Waals surface area contributed by atoms with Gasteiger partial charge in [-0.1, -0.05) is 6.07 Å². The van der Waals surface area contributed by atoms with Crippen LogP contribution in [-0.2, 0) is 0 Å². The molecule has 24 heavy (non-hydrogen) atoms. The van der Waals surface area contributed by atoms with Crippen molar-refractivity contribution in [1.82, 2.24) is 9.88 Å². The van der Waals surface area contributed by atoms with Gasteiger partial charge in [0.1, 0.15) is 0 Å². The van der Waals surface area contributed by atoms with Crippen LogP contribution in [0.3, 0.4) is 0 Å². The number of nitrogens with one attached hydrogen (secondary N) is 1. The van der Waals surface area contributed by atoms with Gasteiger partial charge < -0.3 is 16.0 Å². The highest BCUT2D eigenvalue weighted by molar-refractivity contribution is 5.65. The number of nitrogen functional groups attached to an aromatic ring is 1. The molecule has 0 spiro atoms. The second-order valence-corrected chi connectivity index (χ2v) is 7.37. The number of benzene rings is 1. The Balaban J connectivity index is 1.45. The first-order valence-electron chi connectivity index (χ1n) is 8.91. The van der Waals surface area contributed by atoms with Crippen LogP contribution in [0.5, 0.6) is 0 Å². The Hall–Kier alpha value is -2.07. The van der Waals surface area contributed by atoms with E-state index in [1.807, 2.05) is 25.3 Å². The fourth-order valence-corrected chi connectivity index (χ4v) is 4.25. The molecule has 3 heterocycles. The monoisotopic (exact) mass is 322 g/mol. The molecule has 4 rings (SSSR count). The minimum Gasteiger partial charge on any atom is -0.399 e. The molecule has 2 aliphatic heterocycles. The minimum absolute atomic E-state index is 0.574. The van der Waals surface area contributed by atoms with Gasteiger partial charge in [-0.15, -0.1) is 0 Å². The van der Waals surface area contributed by atoms with Gasteiger partial charge in [-0.2, -0.15) is 0 Å². The molecule has 0 aliphatic carbocycles. The first-order valence-corrected chi connectivity index (χ1v) is 8.91. The lowest BCUT2D eigenvalue weighted by atomic mass is 9.98. The third-order valence-electron chi connectivity index (χ3n) is 5.80. The summed E-state index contributed by atoms with van der Waals surface area (Å²) in [4.78, 5) is 7.21. The summed E-state index contributed by atoms with van der Waals surface area (Å²) in [6.07, 6.45) is 7.15. The predicted octanol–water partition coefficient (Wildman–Crippen LogP) is 3.68. The van der Waals surface area contributed by atoms with Gasteiger partial charge >= 0.3 is 0 Å². The third kappa shape index (κ3) is 2.86. The van der Waals surface area contributed by atoms with Crippen LogP contribution in [0.1, 0.15) is 31.2 Å². The summed E-state index contributed by atoms with van der Waals surface area (Å²) in [5, 5.41) is 3.69. The SMILES string of the molecule is Cc1cc(-c2ccc(NC3C[C@H]4CC[C@@H](C3)N4C)cn2)ccc1N. The van der Waals surface area contributed by atoms with Crippen molar-refractivity contribution < 1.29 is 0 Å². The largest absolute Gasteiger partial charge is 0.399 e. The van der Waals surface area contributed by atoms with Gasteiger partial charge in [0.05, 0.1) is 17.6 Å². The maximum absolute atomic E-state index is 5.90. The molecule has 2 aromatic rings. The molecule has 0 radical (unpaired) electrons. The molecular weight excluding hydrogens is 296 g/mol. The van der Waals surface area contributed by atoms with E-state index in [0.717, 1.165) is 40.3 Å². The Morgan fingerprint density at radius 1 is 1.12 bits per heavy atom. The fourth-order valence-electron chi connectivity index (χ4n) is 4.25. The van der Waals surface area contributed by atoms with Crippen LogP contribution in [0.15, 0.2) is 36.5 Å². The molecule has 3 atom stereocenters. The summed E-state index contributed by atoms with van der Waals surface area (Å²) in [5.74, 6) is 0. The summed E-state index contributed by atoms with van der Waals surface area (Å²) in [6.45, 7) is 2.03. The van der Waals surface area contributed by atoms with E-state index in [2.05, 4.69) is 40.4 Å². The van der Waals surface area contributed by atoms with Gasteiger partial charge in [-0.05, 0) is 69.5 Å². The Morgan fingerprint density at radius 3 is 2.50 bits per heavy atom. The molecule has 0 amide bonds. The molecule has 1 aromatic carbocycles. The van der Waals surface area contributed by atoms with Crippen LogP contribution in [0.4, 0.5) is 11.4 Å². The normalized spacial score (nSPS) is 26.5.